The number of alkyl halides is 3. The van der Waals surface area contributed by atoms with Crippen LogP contribution in [0.3, 0.4) is 0 Å². The van der Waals surface area contributed by atoms with Crippen molar-refractivity contribution in [3.05, 3.63) is 35.7 Å². The Morgan fingerprint density at radius 3 is 2.57 bits per heavy atom. The third-order valence-corrected chi connectivity index (χ3v) is 3.78. The molecule has 0 fully saturated rings. The van der Waals surface area contributed by atoms with Crippen LogP contribution in [0.5, 0.6) is 0 Å². The van der Waals surface area contributed by atoms with E-state index in [1.807, 2.05) is 24.3 Å². The zero-order valence-electron chi connectivity index (χ0n) is 11.3. The standard InChI is InChI=1S/C14H15F3N4/c15-14(16,17)11-5-6-21-12(7-11)19-13(20-21)10-3-1-9(8-18)2-4-10/h1-4,11H,5-8,18H2/t11-/m1/s1. The van der Waals surface area contributed by atoms with Crippen LogP contribution in [-0.4, -0.2) is 20.9 Å². The van der Waals surface area contributed by atoms with Crippen LogP contribution >= 0.6 is 0 Å². The Labute approximate surface area is 119 Å². The molecule has 4 nitrogen and oxygen atoms in total. The number of hydrogen-bond acceptors (Lipinski definition) is 3. The molecule has 2 aromatic rings. The number of aryl methyl sites for hydroxylation is 1. The molecule has 21 heavy (non-hydrogen) atoms. The smallest absolute Gasteiger partial charge is 0.326 e. The van der Waals surface area contributed by atoms with E-state index in [4.69, 9.17) is 5.73 Å². The average molecular weight is 296 g/mol. The maximum absolute atomic E-state index is 12.8. The summed E-state index contributed by atoms with van der Waals surface area (Å²) < 4.78 is 39.9. The maximum atomic E-state index is 12.8. The molecule has 0 unspecified atom stereocenters. The van der Waals surface area contributed by atoms with Gasteiger partial charge in [-0.3, -0.25) is 0 Å². The first-order valence-corrected chi connectivity index (χ1v) is 6.77. The summed E-state index contributed by atoms with van der Waals surface area (Å²) in [5.41, 5.74) is 7.31. The van der Waals surface area contributed by atoms with Gasteiger partial charge >= 0.3 is 6.18 Å². The summed E-state index contributed by atoms with van der Waals surface area (Å²) in [7, 11) is 0. The molecule has 0 saturated carbocycles. The van der Waals surface area contributed by atoms with E-state index < -0.39 is 12.1 Å². The van der Waals surface area contributed by atoms with E-state index in [0.717, 1.165) is 11.1 Å². The number of fused-ring (bicyclic) bond motifs is 1. The second-order valence-corrected chi connectivity index (χ2v) is 5.21. The normalized spacial score (nSPS) is 18.6. The molecule has 0 aliphatic carbocycles. The lowest BCUT2D eigenvalue weighted by atomic mass is 9.98. The minimum atomic E-state index is -4.17. The van der Waals surface area contributed by atoms with Crippen LogP contribution in [0, 0.1) is 5.92 Å². The van der Waals surface area contributed by atoms with Gasteiger partial charge in [0, 0.05) is 25.1 Å². The number of benzene rings is 1. The second kappa shape index (κ2) is 5.14. The van der Waals surface area contributed by atoms with Gasteiger partial charge in [0.2, 0.25) is 0 Å². The molecule has 0 radical (unpaired) electrons. The van der Waals surface area contributed by atoms with Crippen molar-refractivity contribution in [1.29, 1.82) is 0 Å². The SMILES string of the molecule is NCc1ccc(-c2nc3n(n2)CC[C@@H](C(F)(F)F)C3)cc1. The summed E-state index contributed by atoms with van der Waals surface area (Å²) in [5.74, 6) is -0.445. The van der Waals surface area contributed by atoms with E-state index in [2.05, 4.69) is 10.1 Å². The van der Waals surface area contributed by atoms with Gasteiger partial charge in [-0.15, -0.1) is 0 Å². The van der Waals surface area contributed by atoms with Gasteiger partial charge in [-0.25, -0.2) is 9.67 Å². The lowest BCUT2D eigenvalue weighted by molar-refractivity contribution is -0.179. The van der Waals surface area contributed by atoms with Crippen LogP contribution in [-0.2, 0) is 19.5 Å². The summed E-state index contributed by atoms with van der Waals surface area (Å²) in [4.78, 5) is 4.26. The highest BCUT2D eigenvalue weighted by Gasteiger charge is 2.42. The number of nitrogens with zero attached hydrogens (tertiary/aromatic N) is 3. The molecule has 1 aromatic carbocycles. The van der Waals surface area contributed by atoms with E-state index in [9.17, 15) is 13.2 Å². The second-order valence-electron chi connectivity index (χ2n) is 5.21. The minimum Gasteiger partial charge on any atom is -0.326 e. The highest BCUT2D eigenvalue weighted by atomic mass is 19.4. The topological polar surface area (TPSA) is 56.7 Å². The monoisotopic (exact) mass is 296 g/mol. The molecule has 1 atom stereocenters. The van der Waals surface area contributed by atoms with Crippen LogP contribution in [0.15, 0.2) is 24.3 Å². The summed E-state index contributed by atoms with van der Waals surface area (Å²) in [6, 6.07) is 7.41. The van der Waals surface area contributed by atoms with Crippen LogP contribution in [0.1, 0.15) is 17.8 Å². The highest BCUT2D eigenvalue weighted by molar-refractivity contribution is 5.55. The van der Waals surface area contributed by atoms with Gasteiger partial charge in [0.25, 0.3) is 0 Å². The molecule has 1 aliphatic heterocycles. The fourth-order valence-corrected chi connectivity index (χ4v) is 2.50. The first-order valence-electron chi connectivity index (χ1n) is 6.77. The van der Waals surface area contributed by atoms with Gasteiger partial charge < -0.3 is 5.73 Å². The third kappa shape index (κ3) is 2.78. The Balaban J connectivity index is 1.86. The molecule has 0 bridgehead atoms. The van der Waals surface area contributed by atoms with Crippen molar-refractivity contribution in [3.63, 3.8) is 0 Å². The van der Waals surface area contributed by atoms with Gasteiger partial charge in [-0.05, 0) is 12.0 Å². The third-order valence-electron chi connectivity index (χ3n) is 3.78. The van der Waals surface area contributed by atoms with Gasteiger partial charge in [0.15, 0.2) is 5.82 Å². The van der Waals surface area contributed by atoms with E-state index in [0.29, 0.717) is 18.2 Å². The summed E-state index contributed by atoms with van der Waals surface area (Å²) in [5, 5.41) is 4.30. The molecule has 0 saturated heterocycles. The van der Waals surface area contributed by atoms with Crippen LogP contribution in [0.2, 0.25) is 0 Å². The zero-order chi connectivity index (χ0) is 15.0. The maximum Gasteiger partial charge on any atom is 0.392 e. The van der Waals surface area contributed by atoms with E-state index >= 15 is 0 Å². The molecular weight excluding hydrogens is 281 g/mol. The van der Waals surface area contributed by atoms with Crippen molar-refractivity contribution in [1.82, 2.24) is 14.8 Å². The molecule has 1 aromatic heterocycles. The predicted molar refractivity (Wildman–Crippen MR) is 71.2 cm³/mol. The quantitative estimate of drug-likeness (QED) is 0.926. The molecule has 7 heteroatoms. The first kappa shape index (κ1) is 14.1. The lowest BCUT2D eigenvalue weighted by Crippen LogP contribution is -2.31. The lowest BCUT2D eigenvalue weighted by Gasteiger charge is -2.24. The fraction of sp³-hybridized carbons (Fsp3) is 0.429. The van der Waals surface area contributed by atoms with Crippen molar-refractivity contribution >= 4 is 0 Å². The van der Waals surface area contributed by atoms with Crippen LogP contribution in [0.25, 0.3) is 11.4 Å². The van der Waals surface area contributed by atoms with E-state index in [1.165, 1.54) is 0 Å². The molecule has 1 aliphatic rings. The number of nitrogens with two attached hydrogens (primary N) is 1. The zero-order valence-corrected chi connectivity index (χ0v) is 11.3. The van der Waals surface area contributed by atoms with Gasteiger partial charge in [0.05, 0.1) is 5.92 Å². The number of rotatable bonds is 2. The fourth-order valence-electron chi connectivity index (χ4n) is 2.50. The molecule has 3 rings (SSSR count). The van der Waals surface area contributed by atoms with Crippen LogP contribution < -0.4 is 5.73 Å². The Hall–Kier alpha value is -1.89. The number of aromatic nitrogens is 3. The molecule has 2 heterocycles. The average Bonchev–Trinajstić information content (AvgIpc) is 2.89. The molecular formula is C14H15F3N4. The largest absolute Gasteiger partial charge is 0.392 e. The molecule has 112 valence electrons. The summed E-state index contributed by atoms with van der Waals surface area (Å²) in [6.45, 7) is 0.702. The summed E-state index contributed by atoms with van der Waals surface area (Å²) in [6.07, 6.45) is -4.21. The van der Waals surface area contributed by atoms with Crippen molar-refractivity contribution in [2.24, 2.45) is 11.7 Å². The predicted octanol–water partition coefficient (Wildman–Crippen LogP) is 2.53. The Bertz CT molecular complexity index is 631. The van der Waals surface area contributed by atoms with Gasteiger partial charge in [-0.2, -0.15) is 18.3 Å². The van der Waals surface area contributed by atoms with Crippen molar-refractivity contribution < 1.29 is 13.2 Å². The first-order chi connectivity index (χ1) is 9.97. The van der Waals surface area contributed by atoms with Crippen molar-refractivity contribution in [2.45, 2.75) is 32.1 Å². The van der Waals surface area contributed by atoms with Crippen molar-refractivity contribution in [3.8, 4) is 11.4 Å². The minimum absolute atomic E-state index is 0.0609. The molecule has 0 spiro atoms. The van der Waals surface area contributed by atoms with Gasteiger partial charge in [0.1, 0.15) is 5.82 Å². The summed E-state index contributed by atoms with van der Waals surface area (Å²) >= 11 is 0. The van der Waals surface area contributed by atoms with Crippen LogP contribution in [0.4, 0.5) is 13.2 Å². The molecule has 2 N–H and O–H groups in total. The highest BCUT2D eigenvalue weighted by Crippen LogP contribution is 2.34. The Morgan fingerprint density at radius 1 is 1.24 bits per heavy atom. The van der Waals surface area contributed by atoms with E-state index in [1.54, 1.807) is 4.68 Å². The van der Waals surface area contributed by atoms with Gasteiger partial charge in [-0.1, -0.05) is 24.3 Å². The Kier molecular flexibility index (Phi) is 3.44. The van der Waals surface area contributed by atoms with Crippen molar-refractivity contribution in [2.75, 3.05) is 0 Å². The Morgan fingerprint density at radius 2 is 1.95 bits per heavy atom. The van der Waals surface area contributed by atoms with E-state index in [-0.39, 0.29) is 19.4 Å². The number of halogens is 3. The molecule has 0 amide bonds. The number of hydrogen-bond donors (Lipinski definition) is 1.